The third-order valence-corrected chi connectivity index (χ3v) is 4.66. The van der Waals surface area contributed by atoms with Crippen molar-refractivity contribution >= 4 is 29.4 Å². The molecule has 2 aromatic rings. The molecule has 5 amide bonds. The van der Waals surface area contributed by atoms with Crippen LogP contribution in [0.2, 0.25) is 0 Å². The minimum absolute atomic E-state index is 0.306. The highest BCUT2D eigenvalue weighted by Gasteiger charge is 2.49. The first-order valence-electron chi connectivity index (χ1n) is 8.61. The maximum Gasteiger partial charge on any atom is 0.325 e. The molecule has 4 N–H and O–H groups in total. The van der Waals surface area contributed by atoms with Gasteiger partial charge in [-0.05, 0) is 43.7 Å². The molecule has 1 fully saturated rings. The predicted molar refractivity (Wildman–Crippen MR) is 102 cm³/mol. The lowest BCUT2D eigenvalue weighted by Crippen LogP contribution is -2.42. The normalized spacial score (nSPS) is 18.7. The molecule has 0 aliphatic carbocycles. The molecule has 144 valence electrons. The van der Waals surface area contributed by atoms with Gasteiger partial charge in [0.25, 0.3) is 5.91 Å². The smallest absolute Gasteiger partial charge is 0.325 e. The van der Waals surface area contributed by atoms with E-state index >= 15 is 0 Å². The number of amides is 5. The molecule has 3 rings (SSSR count). The lowest BCUT2D eigenvalue weighted by molar-refractivity contribution is -0.133. The van der Waals surface area contributed by atoms with E-state index < -0.39 is 35.8 Å². The number of hydrogen-bond donors (Lipinski definition) is 3. The number of rotatable bonds is 5. The Morgan fingerprint density at radius 2 is 1.68 bits per heavy atom. The Morgan fingerprint density at radius 3 is 2.25 bits per heavy atom. The van der Waals surface area contributed by atoms with E-state index in [4.69, 9.17) is 5.73 Å². The fourth-order valence-corrected chi connectivity index (χ4v) is 2.99. The lowest BCUT2D eigenvalue weighted by atomic mass is 9.91. The second kappa shape index (κ2) is 7.15. The van der Waals surface area contributed by atoms with Gasteiger partial charge in [0.1, 0.15) is 12.1 Å². The Balaban J connectivity index is 1.70. The van der Waals surface area contributed by atoms with Crippen molar-refractivity contribution in [1.29, 1.82) is 0 Å². The first-order chi connectivity index (χ1) is 13.2. The summed E-state index contributed by atoms with van der Waals surface area (Å²) >= 11 is 0. The second-order valence-corrected chi connectivity index (χ2v) is 6.80. The Labute approximate surface area is 161 Å². The number of urea groups is 1. The van der Waals surface area contributed by atoms with Gasteiger partial charge < -0.3 is 16.4 Å². The highest BCUT2D eigenvalue weighted by Crippen LogP contribution is 2.29. The zero-order chi connectivity index (χ0) is 20.5. The van der Waals surface area contributed by atoms with Gasteiger partial charge in [-0.25, -0.2) is 4.79 Å². The maximum absolute atomic E-state index is 12.8. The molecule has 1 heterocycles. The minimum Gasteiger partial charge on any atom is -0.366 e. The zero-order valence-corrected chi connectivity index (χ0v) is 15.5. The van der Waals surface area contributed by atoms with Crippen molar-refractivity contribution in [2.24, 2.45) is 5.73 Å². The van der Waals surface area contributed by atoms with Crippen LogP contribution in [0.4, 0.5) is 10.5 Å². The average Bonchev–Trinajstić information content (AvgIpc) is 2.86. The summed E-state index contributed by atoms with van der Waals surface area (Å²) in [6.45, 7) is 3.11. The largest absolute Gasteiger partial charge is 0.366 e. The van der Waals surface area contributed by atoms with Crippen molar-refractivity contribution in [3.05, 3.63) is 65.2 Å². The van der Waals surface area contributed by atoms with Crippen LogP contribution in [0.25, 0.3) is 0 Å². The predicted octanol–water partition coefficient (Wildman–Crippen LogP) is 1.50. The summed E-state index contributed by atoms with van der Waals surface area (Å²) in [4.78, 5) is 49.4. The molecule has 0 bridgehead atoms. The van der Waals surface area contributed by atoms with E-state index in [2.05, 4.69) is 10.6 Å². The van der Waals surface area contributed by atoms with Crippen LogP contribution in [-0.2, 0) is 15.1 Å². The Kier molecular flexibility index (Phi) is 4.87. The van der Waals surface area contributed by atoms with Crippen LogP contribution in [0.15, 0.2) is 48.5 Å². The molecule has 28 heavy (non-hydrogen) atoms. The van der Waals surface area contributed by atoms with E-state index in [1.807, 2.05) is 19.1 Å². The molecule has 0 radical (unpaired) electrons. The summed E-state index contributed by atoms with van der Waals surface area (Å²) in [6.07, 6.45) is 0. The van der Waals surface area contributed by atoms with Gasteiger partial charge in [-0.2, -0.15) is 0 Å². The van der Waals surface area contributed by atoms with Crippen molar-refractivity contribution in [2.75, 3.05) is 11.9 Å². The third-order valence-electron chi connectivity index (χ3n) is 4.66. The Morgan fingerprint density at radius 1 is 1.07 bits per heavy atom. The summed E-state index contributed by atoms with van der Waals surface area (Å²) in [5.74, 6) is -1.61. The van der Waals surface area contributed by atoms with E-state index in [9.17, 15) is 19.2 Å². The summed E-state index contributed by atoms with van der Waals surface area (Å²) < 4.78 is 0. The molecule has 8 heteroatoms. The van der Waals surface area contributed by atoms with Crippen LogP contribution in [0, 0.1) is 6.92 Å². The molecule has 0 saturated carbocycles. The van der Waals surface area contributed by atoms with E-state index in [1.165, 1.54) is 24.3 Å². The number of nitrogens with two attached hydrogens (primary N) is 1. The Hall–Kier alpha value is -3.68. The molecule has 1 aliphatic heterocycles. The van der Waals surface area contributed by atoms with Gasteiger partial charge in [0.15, 0.2) is 0 Å². The van der Waals surface area contributed by atoms with Gasteiger partial charge >= 0.3 is 6.03 Å². The molecule has 2 aromatic carbocycles. The summed E-state index contributed by atoms with van der Waals surface area (Å²) in [7, 11) is 0. The van der Waals surface area contributed by atoms with E-state index in [0.717, 1.165) is 10.5 Å². The van der Waals surface area contributed by atoms with Crippen LogP contribution in [0.3, 0.4) is 0 Å². The molecular weight excluding hydrogens is 360 g/mol. The molecule has 1 aliphatic rings. The quantitative estimate of drug-likeness (QED) is 0.681. The fourth-order valence-electron chi connectivity index (χ4n) is 2.99. The lowest BCUT2D eigenvalue weighted by Gasteiger charge is -2.22. The van der Waals surface area contributed by atoms with Gasteiger partial charge in [0, 0.05) is 11.3 Å². The molecule has 0 unspecified atom stereocenters. The average molecular weight is 380 g/mol. The number of nitrogens with one attached hydrogen (secondary N) is 2. The summed E-state index contributed by atoms with van der Waals surface area (Å²) in [6, 6.07) is 12.6. The number of primary amides is 1. The number of anilines is 1. The standard InChI is InChI=1S/C20H20N4O4/c1-12-3-7-14(8-4-12)20(2)18(27)24(19(28)23-20)11-16(25)22-15-9-5-13(6-10-15)17(21)26/h3-10H,11H2,1-2H3,(H2,21,26)(H,22,25)(H,23,28)/t20-/m1/s1. The van der Waals surface area contributed by atoms with Gasteiger partial charge in [0.2, 0.25) is 11.8 Å². The van der Waals surface area contributed by atoms with Crippen molar-refractivity contribution in [3.8, 4) is 0 Å². The molecule has 0 aromatic heterocycles. The van der Waals surface area contributed by atoms with Crippen LogP contribution in [0.1, 0.15) is 28.4 Å². The molecule has 1 atom stereocenters. The van der Waals surface area contributed by atoms with Crippen LogP contribution in [0.5, 0.6) is 0 Å². The van der Waals surface area contributed by atoms with Gasteiger partial charge in [-0.3, -0.25) is 19.3 Å². The Bertz CT molecular complexity index is 953. The third kappa shape index (κ3) is 3.57. The van der Waals surface area contributed by atoms with E-state index in [1.54, 1.807) is 19.1 Å². The zero-order valence-electron chi connectivity index (χ0n) is 15.5. The topological polar surface area (TPSA) is 122 Å². The van der Waals surface area contributed by atoms with Gasteiger partial charge in [-0.15, -0.1) is 0 Å². The van der Waals surface area contributed by atoms with Crippen LogP contribution >= 0.6 is 0 Å². The summed E-state index contributed by atoms with van der Waals surface area (Å²) in [5, 5.41) is 5.25. The van der Waals surface area contributed by atoms with Crippen molar-refractivity contribution < 1.29 is 19.2 Å². The number of imide groups is 1. The van der Waals surface area contributed by atoms with Crippen molar-refractivity contribution in [3.63, 3.8) is 0 Å². The summed E-state index contributed by atoms with van der Waals surface area (Å²) in [5.41, 5.74) is 6.34. The fraction of sp³-hybridized carbons (Fsp3) is 0.200. The number of carbonyl (C=O) groups excluding carboxylic acids is 4. The van der Waals surface area contributed by atoms with Crippen LogP contribution < -0.4 is 16.4 Å². The molecule has 0 spiro atoms. The van der Waals surface area contributed by atoms with Crippen molar-refractivity contribution in [2.45, 2.75) is 19.4 Å². The highest BCUT2D eigenvalue weighted by molar-refractivity contribution is 6.10. The van der Waals surface area contributed by atoms with E-state index in [-0.39, 0.29) is 0 Å². The van der Waals surface area contributed by atoms with Crippen molar-refractivity contribution in [1.82, 2.24) is 10.2 Å². The number of hydrogen-bond acceptors (Lipinski definition) is 4. The van der Waals surface area contributed by atoms with Crippen LogP contribution in [-0.4, -0.2) is 35.2 Å². The minimum atomic E-state index is -1.23. The SMILES string of the molecule is Cc1ccc([C@@]2(C)NC(=O)N(CC(=O)Nc3ccc(C(N)=O)cc3)C2=O)cc1. The van der Waals surface area contributed by atoms with E-state index in [0.29, 0.717) is 16.8 Å². The molecule has 8 nitrogen and oxygen atoms in total. The second-order valence-electron chi connectivity index (χ2n) is 6.80. The van der Waals surface area contributed by atoms with Gasteiger partial charge in [0.05, 0.1) is 0 Å². The monoisotopic (exact) mass is 380 g/mol. The molecular formula is C20H20N4O4. The van der Waals surface area contributed by atoms with Gasteiger partial charge in [-0.1, -0.05) is 29.8 Å². The number of carbonyl (C=O) groups is 4. The first kappa shape index (κ1) is 19.1. The highest BCUT2D eigenvalue weighted by atomic mass is 16.2. The molecule has 1 saturated heterocycles. The maximum atomic E-state index is 12.8. The number of aryl methyl sites for hydroxylation is 1. The number of nitrogens with zero attached hydrogens (tertiary/aromatic N) is 1. The number of benzene rings is 2. The first-order valence-corrected chi connectivity index (χ1v) is 8.61.